The average molecular weight is 378 g/mol. The van der Waals surface area contributed by atoms with Gasteiger partial charge in [-0.25, -0.2) is 0 Å². The number of carbonyl (C=O) groups is 1. The Bertz CT molecular complexity index is 865. The molecule has 1 aromatic carbocycles. The summed E-state index contributed by atoms with van der Waals surface area (Å²) in [5, 5.41) is 10.9. The van der Waals surface area contributed by atoms with E-state index in [-0.39, 0.29) is 5.91 Å². The zero-order chi connectivity index (χ0) is 19.8. The largest absolute Gasteiger partial charge is 0.347 e. The SMILES string of the molecule is CC(CN(C)CCn1cc(C(=O)NCc2ccncc2)nn1)c1ccccc1. The normalized spacial score (nSPS) is 12.1. The second-order valence-electron chi connectivity index (χ2n) is 6.98. The summed E-state index contributed by atoms with van der Waals surface area (Å²) < 4.78 is 1.71. The molecule has 0 saturated heterocycles. The predicted molar refractivity (Wildman–Crippen MR) is 108 cm³/mol. The Balaban J connectivity index is 1.44. The molecule has 7 nitrogen and oxygen atoms in total. The number of hydrogen-bond acceptors (Lipinski definition) is 5. The van der Waals surface area contributed by atoms with Crippen LogP contribution in [-0.2, 0) is 13.1 Å². The molecule has 0 radical (unpaired) electrons. The van der Waals surface area contributed by atoms with Gasteiger partial charge in [-0.15, -0.1) is 5.10 Å². The standard InChI is InChI=1S/C21H26N6O/c1-17(19-6-4-3-5-7-19)15-26(2)12-13-27-16-20(24-25-27)21(28)23-14-18-8-10-22-11-9-18/h3-11,16-17H,12-15H2,1-2H3,(H,23,28). The van der Waals surface area contributed by atoms with E-state index in [0.29, 0.717) is 24.7 Å². The van der Waals surface area contributed by atoms with Crippen LogP contribution in [0.3, 0.4) is 0 Å². The predicted octanol–water partition coefficient (Wildman–Crippen LogP) is 2.34. The van der Waals surface area contributed by atoms with Gasteiger partial charge in [0.25, 0.3) is 5.91 Å². The number of carbonyl (C=O) groups excluding carboxylic acids is 1. The van der Waals surface area contributed by atoms with Gasteiger partial charge in [0.15, 0.2) is 5.69 Å². The number of nitrogens with zero attached hydrogens (tertiary/aromatic N) is 5. The van der Waals surface area contributed by atoms with E-state index in [1.165, 1.54) is 5.56 Å². The van der Waals surface area contributed by atoms with Crippen molar-refractivity contribution >= 4 is 5.91 Å². The number of amides is 1. The first-order chi connectivity index (χ1) is 13.6. The minimum Gasteiger partial charge on any atom is -0.347 e. The number of aromatic nitrogens is 4. The second kappa shape index (κ2) is 9.75. The number of benzene rings is 1. The van der Waals surface area contributed by atoms with Gasteiger partial charge in [0.1, 0.15) is 0 Å². The first-order valence-electron chi connectivity index (χ1n) is 9.42. The van der Waals surface area contributed by atoms with Crippen molar-refractivity contribution in [3.05, 3.63) is 77.9 Å². The smallest absolute Gasteiger partial charge is 0.273 e. The van der Waals surface area contributed by atoms with E-state index in [1.54, 1.807) is 23.3 Å². The van der Waals surface area contributed by atoms with Gasteiger partial charge in [-0.1, -0.05) is 42.5 Å². The van der Waals surface area contributed by atoms with Gasteiger partial charge in [0, 0.05) is 32.0 Å². The molecule has 0 spiro atoms. The first kappa shape index (κ1) is 19.7. The van der Waals surface area contributed by atoms with Crippen molar-refractivity contribution in [2.24, 2.45) is 0 Å². The maximum Gasteiger partial charge on any atom is 0.273 e. The Hall–Kier alpha value is -3.06. The number of likely N-dealkylation sites (N-methyl/N-ethyl adjacent to an activating group) is 1. The molecule has 1 atom stereocenters. The molecule has 3 aromatic rings. The first-order valence-corrected chi connectivity index (χ1v) is 9.42. The molecule has 3 rings (SSSR count). The lowest BCUT2D eigenvalue weighted by atomic mass is 10.0. The molecule has 0 saturated carbocycles. The summed E-state index contributed by atoms with van der Waals surface area (Å²) in [5.41, 5.74) is 2.66. The molecular formula is C21H26N6O. The summed E-state index contributed by atoms with van der Waals surface area (Å²) in [6.45, 7) is 5.14. The second-order valence-corrected chi connectivity index (χ2v) is 6.98. The molecule has 146 valence electrons. The van der Waals surface area contributed by atoms with Gasteiger partial charge in [-0.05, 0) is 36.2 Å². The molecule has 2 heterocycles. The van der Waals surface area contributed by atoms with Crippen molar-refractivity contribution < 1.29 is 4.79 Å². The van der Waals surface area contributed by atoms with Gasteiger partial charge in [-0.3, -0.25) is 14.5 Å². The number of rotatable bonds is 9. The van der Waals surface area contributed by atoms with Crippen LogP contribution in [-0.4, -0.2) is 50.9 Å². The molecule has 1 unspecified atom stereocenters. The van der Waals surface area contributed by atoms with E-state index in [1.807, 2.05) is 18.2 Å². The number of pyridine rings is 1. The fourth-order valence-corrected chi connectivity index (χ4v) is 3.00. The molecule has 0 aliphatic carbocycles. The summed E-state index contributed by atoms with van der Waals surface area (Å²) in [4.78, 5) is 18.4. The van der Waals surface area contributed by atoms with Crippen LogP contribution in [0.4, 0.5) is 0 Å². The maximum atomic E-state index is 12.2. The van der Waals surface area contributed by atoms with Crippen LogP contribution in [0, 0.1) is 0 Å². The van der Waals surface area contributed by atoms with Crippen LogP contribution in [0.1, 0.15) is 34.5 Å². The Morgan fingerprint density at radius 1 is 1.18 bits per heavy atom. The van der Waals surface area contributed by atoms with Gasteiger partial charge in [-0.2, -0.15) is 0 Å². The van der Waals surface area contributed by atoms with E-state index < -0.39 is 0 Å². The number of nitrogens with one attached hydrogen (secondary N) is 1. The lowest BCUT2D eigenvalue weighted by Gasteiger charge is -2.21. The summed E-state index contributed by atoms with van der Waals surface area (Å²) >= 11 is 0. The van der Waals surface area contributed by atoms with Gasteiger partial charge in [0.2, 0.25) is 0 Å². The zero-order valence-electron chi connectivity index (χ0n) is 16.3. The van der Waals surface area contributed by atoms with Crippen LogP contribution in [0.25, 0.3) is 0 Å². The lowest BCUT2D eigenvalue weighted by Crippen LogP contribution is -2.27. The van der Waals surface area contributed by atoms with Crippen LogP contribution < -0.4 is 5.32 Å². The van der Waals surface area contributed by atoms with Crippen LogP contribution in [0.5, 0.6) is 0 Å². The molecule has 0 aliphatic heterocycles. The fourth-order valence-electron chi connectivity index (χ4n) is 3.00. The third kappa shape index (κ3) is 5.72. The third-order valence-electron chi connectivity index (χ3n) is 4.64. The van der Waals surface area contributed by atoms with Crippen LogP contribution in [0.2, 0.25) is 0 Å². The van der Waals surface area contributed by atoms with Crippen LogP contribution >= 0.6 is 0 Å². The quantitative estimate of drug-likeness (QED) is 0.618. The summed E-state index contributed by atoms with van der Waals surface area (Å²) in [6.07, 6.45) is 5.09. The number of hydrogen-bond donors (Lipinski definition) is 1. The Labute approximate surface area is 165 Å². The highest BCUT2D eigenvalue weighted by atomic mass is 16.2. The summed E-state index contributed by atoms with van der Waals surface area (Å²) in [6, 6.07) is 14.2. The molecule has 1 amide bonds. The highest BCUT2D eigenvalue weighted by Crippen LogP contribution is 2.15. The minimum atomic E-state index is -0.228. The van der Waals surface area contributed by atoms with E-state index in [4.69, 9.17) is 0 Å². The van der Waals surface area contributed by atoms with Gasteiger partial charge >= 0.3 is 0 Å². The Morgan fingerprint density at radius 3 is 2.68 bits per heavy atom. The van der Waals surface area contributed by atoms with Crippen molar-refractivity contribution in [2.45, 2.75) is 25.9 Å². The summed E-state index contributed by atoms with van der Waals surface area (Å²) in [5.74, 6) is 0.227. The average Bonchev–Trinajstić information content (AvgIpc) is 3.21. The van der Waals surface area contributed by atoms with Crippen molar-refractivity contribution in [1.29, 1.82) is 0 Å². The van der Waals surface area contributed by atoms with Crippen molar-refractivity contribution in [3.63, 3.8) is 0 Å². The minimum absolute atomic E-state index is 0.228. The summed E-state index contributed by atoms with van der Waals surface area (Å²) in [7, 11) is 2.10. The highest BCUT2D eigenvalue weighted by molar-refractivity contribution is 5.91. The van der Waals surface area contributed by atoms with Crippen molar-refractivity contribution in [1.82, 2.24) is 30.2 Å². The van der Waals surface area contributed by atoms with E-state index >= 15 is 0 Å². The topological polar surface area (TPSA) is 75.9 Å². The van der Waals surface area contributed by atoms with E-state index in [9.17, 15) is 4.79 Å². The third-order valence-corrected chi connectivity index (χ3v) is 4.64. The molecule has 1 N–H and O–H groups in total. The maximum absolute atomic E-state index is 12.2. The molecule has 28 heavy (non-hydrogen) atoms. The van der Waals surface area contributed by atoms with E-state index in [2.05, 4.69) is 63.7 Å². The van der Waals surface area contributed by atoms with Crippen molar-refractivity contribution in [3.8, 4) is 0 Å². The lowest BCUT2D eigenvalue weighted by molar-refractivity contribution is 0.0946. The van der Waals surface area contributed by atoms with Crippen molar-refractivity contribution in [2.75, 3.05) is 20.1 Å². The van der Waals surface area contributed by atoms with E-state index in [0.717, 1.165) is 18.7 Å². The van der Waals surface area contributed by atoms with Crippen LogP contribution in [0.15, 0.2) is 61.1 Å². The Kier molecular flexibility index (Phi) is 6.86. The fraction of sp³-hybridized carbons (Fsp3) is 0.333. The monoisotopic (exact) mass is 378 g/mol. The molecule has 0 bridgehead atoms. The molecular weight excluding hydrogens is 352 g/mol. The molecule has 0 fully saturated rings. The molecule has 7 heteroatoms. The molecule has 2 aromatic heterocycles. The zero-order valence-corrected chi connectivity index (χ0v) is 16.3. The highest BCUT2D eigenvalue weighted by Gasteiger charge is 2.12. The molecule has 0 aliphatic rings. The Morgan fingerprint density at radius 2 is 1.93 bits per heavy atom. The van der Waals surface area contributed by atoms with Gasteiger partial charge < -0.3 is 10.2 Å². The van der Waals surface area contributed by atoms with Gasteiger partial charge in [0.05, 0.1) is 12.7 Å².